The average Bonchev–Trinajstić information content (AvgIpc) is 3.03. The summed E-state index contributed by atoms with van der Waals surface area (Å²) in [7, 11) is 0. The zero-order valence-electron chi connectivity index (χ0n) is 14.7. The molecule has 3 heterocycles. The largest absolute Gasteiger partial charge is 0.329 e. The summed E-state index contributed by atoms with van der Waals surface area (Å²) in [6, 6.07) is 9.53. The molecule has 0 spiro atoms. The number of carbonyl (C=O) groups excluding carboxylic acids is 1. The van der Waals surface area contributed by atoms with Crippen LogP contribution in [-0.4, -0.2) is 45.0 Å². The first kappa shape index (κ1) is 17.0. The predicted molar refractivity (Wildman–Crippen MR) is 101 cm³/mol. The van der Waals surface area contributed by atoms with E-state index in [9.17, 15) is 4.79 Å². The molecule has 1 N–H and O–H groups in total. The summed E-state index contributed by atoms with van der Waals surface area (Å²) >= 11 is 6.16. The van der Waals surface area contributed by atoms with Crippen molar-refractivity contribution in [3.05, 3.63) is 64.1 Å². The Morgan fingerprint density at radius 2 is 2.15 bits per heavy atom. The molecular weight excluding hydrogens is 350 g/mol. The first-order chi connectivity index (χ1) is 12.5. The molecular formula is C19H20ClN5O. The topological polar surface area (TPSA) is 62.5 Å². The third kappa shape index (κ3) is 2.95. The Morgan fingerprint density at radius 1 is 1.31 bits per heavy atom. The second-order valence-electron chi connectivity index (χ2n) is 6.59. The van der Waals surface area contributed by atoms with Crippen LogP contribution in [-0.2, 0) is 0 Å². The van der Waals surface area contributed by atoms with Gasteiger partial charge in [0.2, 0.25) is 0 Å². The number of hydrogen-bond donors (Lipinski definition) is 1. The highest BCUT2D eigenvalue weighted by Gasteiger charge is 2.30. The second kappa shape index (κ2) is 6.70. The summed E-state index contributed by atoms with van der Waals surface area (Å²) in [5, 5.41) is 8.48. The molecule has 1 saturated heterocycles. The molecule has 6 nitrogen and oxygen atoms in total. The third-order valence-corrected chi connectivity index (χ3v) is 5.05. The molecule has 0 saturated carbocycles. The van der Waals surface area contributed by atoms with Crippen LogP contribution in [0.2, 0.25) is 5.02 Å². The Morgan fingerprint density at radius 3 is 2.96 bits per heavy atom. The lowest BCUT2D eigenvalue weighted by molar-refractivity contribution is 0.0632. The van der Waals surface area contributed by atoms with Crippen LogP contribution in [0, 0.1) is 13.8 Å². The molecule has 1 aliphatic heterocycles. The van der Waals surface area contributed by atoms with Gasteiger partial charge in [-0.2, -0.15) is 5.10 Å². The van der Waals surface area contributed by atoms with Crippen molar-refractivity contribution < 1.29 is 4.79 Å². The van der Waals surface area contributed by atoms with E-state index in [4.69, 9.17) is 11.6 Å². The molecule has 134 valence electrons. The SMILES string of the molecule is Cc1cc2ncc(C(=O)N3CCNCC3c3cccc(Cl)c3)c(C)n2n1. The van der Waals surface area contributed by atoms with Crippen molar-refractivity contribution >= 4 is 23.2 Å². The maximum atomic E-state index is 13.3. The van der Waals surface area contributed by atoms with Gasteiger partial charge in [0, 0.05) is 36.9 Å². The molecule has 1 unspecified atom stereocenters. The lowest BCUT2D eigenvalue weighted by atomic mass is 10.0. The fraction of sp³-hybridized carbons (Fsp3) is 0.316. The number of amides is 1. The van der Waals surface area contributed by atoms with Crippen LogP contribution in [0.5, 0.6) is 0 Å². The molecule has 1 fully saturated rings. The highest BCUT2D eigenvalue weighted by Crippen LogP contribution is 2.27. The fourth-order valence-electron chi connectivity index (χ4n) is 3.49. The Kier molecular flexibility index (Phi) is 4.38. The van der Waals surface area contributed by atoms with Gasteiger partial charge >= 0.3 is 0 Å². The van der Waals surface area contributed by atoms with Crippen molar-refractivity contribution in [2.45, 2.75) is 19.9 Å². The van der Waals surface area contributed by atoms with E-state index >= 15 is 0 Å². The summed E-state index contributed by atoms with van der Waals surface area (Å²) in [5.41, 5.74) is 4.04. The van der Waals surface area contributed by atoms with Gasteiger partial charge in [-0.05, 0) is 31.5 Å². The first-order valence-electron chi connectivity index (χ1n) is 8.64. The number of fused-ring (bicyclic) bond motifs is 1. The monoisotopic (exact) mass is 369 g/mol. The molecule has 0 aliphatic carbocycles. The Labute approximate surface area is 156 Å². The van der Waals surface area contributed by atoms with Crippen LogP contribution in [0.1, 0.15) is 33.4 Å². The maximum absolute atomic E-state index is 13.3. The van der Waals surface area contributed by atoms with E-state index in [0.29, 0.717) is 23.7 Å². The van der Waals surface area contributed by atoms with E-state index in [1.807, 2.05) is 49.1 Å². The molecule has 26 heavy (non-hydrogen) atoms. The molecule has 0 radical (unpaired) electrons. The van der Waals surface area contributed by atoms with E-state index in [0.717, 1.165) is 29.1 Å². The molecule has 1 aromatic carbocycles. The number of hydrogen-bond acceptors (Lipinski definition) is 4. The van der Waals surface area contributed by atoms with Gasteiger partial charge < -0.3 is 10.2 Å². The van der Waals surface area contributed by atoms with Crippen molar-refractivity contribution in [2.75, 3.05) is 19.6 Å². The van der Waals surface area contributed by atoms with Crippen molar-refractivity contribution in [1.82, 2.24) is 24.8 Å². The average molecular weight is 370 g/mol. The van der Waals surface area contributed by atoms with Gasteiger partial charge in [0.15, 0.2) is 5.65 Å². The van der Waals surface area contributed by atoms with Gasteiger partial charge in [0.1, 0.15) is 0 Å². The van der Waals surface area contributed by atoms with Crippen LogP contribution in [0.15, 0.2) is 36.5 Å². The predicted octanol–water partition coefficient (Wildman–Crippen LogP) is 2.79. The zero-order chi connectivity index (χ0) is 18.3. The van der Waals surface area contributed by atoms with Crippen LogP contribution in [0.4, 0.5) is 0 Å². The number of halogens is 1. The number of nitrogens with zero attached hydrogens (tertiary/aromatic N) is 4. The Balaban J connectivity index is 1.72. The molecule has 0 bridgehead atoms. The first-order valence-corrected chi connectivity index (χ1v) is 9.01. The Bertz CT molecular complexity index is 983. The van der Waals surface area contributed by atoms with Gasteiger partial charge in [-0.3, -0.25) is 4.79 Å². The van der Waals surface area contributed by atoms with E-state index in [1.165, 1.54) is 0 Å². The smallest absolute Gasteiger partial charge is 0.257 e. The second-order valence-corrected chi connectivity index (χ2v) is 7.02. The number of nitrogens with one attached hydrogen (secondary N) is 1. The minimum Gasteiger partial charge on any atom is -0.329 e. The van der Waals surface area contributed by atoms with E-state index in [2.05, 4.69) is 15.4 Å². The van der Waals surface area contributed by atoms with Gasteiger partial charge in [-0.25, -0.2) is 9.50 Å². The highest BCUT2D eigenvalue weighted by molar-refractivity contribution is 6.30. The van der Waals surface area contributed by atoms with Crippen LogP contribution in [0.25, 0.3) is 5.65 Å². The van der Waals surface area contributed by atoms with E-state index < -0.39 is 0 Å². The number of benzene rings is 1. The van der Waals surface area contributed by atoms with Gasteiger partial charge in [0.25, 0.3) is 5.91 Å². The van der Waals surface area contributed by atoms with Crippen molar-refractivity contribution in [3.63, 3.8) is 0 Å². The molecule has 7 heteroatoms. The van der Waals surface area contributed by atoms with Crippen LogP contribution >= 0.6 is 11.6 Å². The molecule has 3 aromatic rings. The lowest BCUT2D eigenvalue weighted by Gasteiger charge is -2.37. The fourth-order valence-corrected chi connectivity index (χ4v) is 3.69. The number of aromatic nitrogens is 3. The number of carbonyl (C=O) groups is 1. The minimum absolute atomic E-state index is 0.0310. The molecule has 1 aliphatic rings. The normalized spacial score (nSPS) is 17.7. The van der Waals surface area contributed by atoms with Gasteiger partial charge in [-0.15, -0.1) is 0 Å². The molecule has 1 amide bonds. The molecule has 2 aromatic heterocycles. The maximum Gasteiger partial charge on any atom is 0.257 e. The summed E-state index contributed by atoms with van der Waals surface area (Å²) in [6.45, 7) is 5.91. The van der Waals surface area contributed by atoms with Crippen LogP contribution in [0.3, 0.4) is 0 Å². The minimum atomic E-state index is -0.0654. The number of piperazine rings is 1. The summed E-state index contributed by atoms with van der Waals surface area (Å²) in [5.74, 6) is -0.0310. The van der Waals surface area contributed by atoms with E-state index in [1.54, 1.807) is 10.7 Å². The molecule has 4 rings (SSSR count). The van der Waals surface area contributed by atoms with E-state index in [-0.39, 0.29) is 11.9 Å². The summed E-state index contributed by atoms with van der Waals surface area (Å²) in [4.78, 5) is 19.6. The van der Waals surface area contributed by atoms with Gasteiger partial charge in [-0.1, -0.05) is 23.7 Å². The Hall–Kier alpha value is -2.44. The van der Waals surface area contributed by atoms with Gasteiger partial charge in [0.05, 0.1) is 23.0 Å². The summed E-state index contributed by atoms with van der Waals surface area (Å²) in [6.07, 6.45) is 1.66. The van der Waals surface area contributed by atoms with Crippen molar-refractivity contribution in [3.8, 4) is 0 Å². The van der Waals surface area contributed by atoms with Crippen molar-refractivity contribution in [1.29, 1.82) is 0 Å². The summed E-state index contributed by atoms with van der Waals surface area (Å²) < 4.78 is 1.74. The standard InChI is InChI=1S/C19H20ClN5O/c1-12-8-18-22-10-16(13(2)25(18)23-12)19(26)24-7-6-21-11-17(24)14-4-3-5-15(20)9-14/h3-5,8-10,17,21H,6-7,11H2,1-2H3. The quantitative estimate of drug-likeness (QED) is 0.754. The zero-order valence-corrected chi connectivity index (χ0v) is 15.5. The lowest BCUT2D eigenvalue weighted by Crippen LogP contribution is -2.49. The number of rotatable bonds is 2. The highest BCUT2D eigenvalue weighted by atomic mass is 35.5. The number of aryl methyl sites for hydroxylation is 2. The third-order valence-electron chi connectivity index (χ3n) is 4.81. The van der Waals surface area contributed by atoms with Crippen LogP contribution < -0.4 is 5.32 Å². The molecule has 1 atom stereocenters. The van der Waals surface area contributed by atoms with Crippen molar-refractivity contribution in [2.24, 2.45) is 0 Å².